The quantitative estimate of drug-likeness (QED) is 0.172. The molecule has 6 aliphatic rings. The van der Waals surface area contributed by atoms with Gasteiger partial charge in [-0.05, 0) is 154 Å². The smallest absolute Gasteiger partial charge is 0.0622 e. The molecule has 6 saturated carbocycles. The molecule has 0 aliphatic heterocycles. The standard InChI is InChI=1S/C43H72P2.2ClH.Ru/c1-8-22-36(23-9-1)43(44(37-24-10-2-11-25-37,38-26-12-3-13-27-38)39-28-14-4-15-29-39)45(40-30-16-5-17-31-40,41-32-18-6-19-33-41)42-34-20-7-21-35-42;;;/h1,8-9,22-23,37-43H,2-7,10-21,24-35H2;2*1H;/q+2;;;+4/p-2. The monoisotopic (exact) mass is 822 g/mol. The molecule has 0 N–H and O–H groups in total. The van der Waals surface area contributed by atoms with Crippen LogP contribution in [0.2, 0.25) is 0 Å². The van der Waals surface area contributed by atoms with E-state index >= 15 is 0 Å². The van der Waals surface area contributed by atoms with Crippen LogP contribution in [0, 0.1) is 0 Å². The first-order chi connectivity index (χ1) is 23.8. The Kier molecular flexibility index (Phi) is 16.3. The van der Waals surface area contributed by atoms with Crippen molar-refractivity contribution in [1.29, 1.82) is 0 Å². The molecule has 1 aromatic rings. The van der Waals surface area contributed by atoms with E-state index < -0.39 is 14.5 Å². The van der Waals surface area contributed by atoms with Crippen molar-refractivity contribution in [2.75, 3.05) is 0 Å². The van der Waals surface area contributed by atoms with Gasteiger partial charge in [0, 0.05) is 5.56 Å². The largest absolute Gasteiger partial charge is 0.194 e. The Balaban J connectivity index is 0.00000129. The molecule has 0 saturated heterocycles. The molecule has 0 radical (unpaired) electrons. The van der Waals surface area contributed by atoms with Crippen LogP contribution in [0.4, 0.5) is 0 Å². The summed E-state index contributed by atoms with van der Waals surface area (Å²) in [5.41, 5.74) is 8.62. The van der Waals surface area contributed by atoms with Gasteiger partial charge in [-0.15, -0.1) is 0 Å². The first-order valence-electron chi connectivity index (χ1n) is 21.4. The third-order valence-corrected chi connectivity index (χ3v) is 30.6. The van der Waals surface area contributed by atoms with Crippen LogP contribution in [0.15, 0.2) is 30.3 Å². The summed E-state index contributed by atoms with van der Waals surface area (Å²) in [4.78, 5) is 0. The molecule has 0 aromatic heterocycles. The van der Waals surface area contributed by atoms with Gasteiger partial charge >= 0.3 is 34.5 Å². The van der Waals surface area contributed by atoms with Crippen molar-refractivity contribution in [3.63, 3.8) is 0 Å². The zero-order valence-electron chi connectivity index (χ0n) is 30.6. The van der Waals surface area contributed by atoms with Gasteiger partial charge in [0.15, 0.2) is 5.40 Å². The van der Waals surface area contributed by atoms with Gasteiger partial charge in [0.2, 0.25) is 0 Å². The predicted molar refractivity (Wildman–Crippen MR) is 216 cm³/mol. The van der Waals surface area contributed by atoms with E-state index in [1.54, 1.807) is 154 Å². The summed E-state index contributed by atoms with van der Waals surface area (Å²) >= 11 is -0.346. The third kappa shape index (κ3) is 8.48. The minimum atomic E-state index is -1.33. The molecule has 7 rings (SSSR count). The predicted octanol–water partition coefficient (Wildman–Crippen LogP) is 16.1. The van der Waals surface area contributed by atoms with Gasteiger partial charge in [-0.3, -0.25) is 0 Å². The molecule has 0 amide bonds. The van der Waals surface area contributed by atoms with Crippen LogP contribution < -0.4 is 0 Å². The second-order valence-electron chi connectivity index (χ2n) is 17.4. The molecule has 0 atom stereocenters. The molecular weight excluding hydrogens is 750 g/mol. The molecule has 5 heteroatoms. The van der Waals surface area contributed by atoms with Crippen LogP contribution in [0.25, 0.3) is 0 Å². The third-order valence-electron chi connectivity index (χ3n) is 15.2. The Bertz CT molecular complexity index is 863. The molecular formula is C43H72Cl2P2Ru+4. The van der Waals surface area contributed by atoms with Crippen molar-refractivity contribution in [3.8, 4) is 0 Å². The van der Waals surface area contributed by atoms with E-state index in [0.29, 0.717) is 0 Å². The van der Waals surface area contributed by atoms with Crippen molar-refractivity contribution < 1.29 is 15.1 Å². The molecule has 0 spiro atoms. The van der Waals surface area contributed by atoms with Gasteiger partial charge in [-0.2, -0.15) is 0 Å². The summed E-state index contributed by atoms with van der Waals surface area (Å²) in [6.07, 6.45) is 47.6. The van der Waals surface area contributed by atoms with Crippen LogP contribution in [0.1, 0.15) is 204 Å². The average molecular weight is 823 g/mol. The van der Waals surface area contributed by atoms with Crippen molar-refractivity contribution in [1.82, 2.24) is 0 Å². The number of hydrogen-bond acceptors (Lipinski definition) is 0. The molecule has 6 aliphatic carbocycles. The average Bonchev–Trinajstić information content (AvgIpc) is 3.18. The van der Waals surface area contributed by atoms with Gasteiger partial charge < -0.3 is 0 Å². The van der Waals surface area contributed by atoms with Crippen LogP contribution in [0.3, 0.4) is 0 Å². The topological polar surface area (TPSA) is 0 Å². The Morgan fingerprint density at radius 3 is 0.792 bits per heavy atom. The minimum absolute atomic E-state index is 0.346. The number of benzene rings is 1. The van der Waals surface area contributed by atoms with Gasteiger partial charge in [0.25, 0.3) is 0 Å². The van der Waals surface area contributed by atoms with Crippen molar-refractivity contribution in [2.45, 2.75) is 232 Å². The van der Waals surface area contributed by atoms with Crippen LogP contribution >= 0.6 is 33.9 Å². The van der Waals surface area contributed by atoms with Gasteiger partial charge in [-0.1, -0.05) is 68.9 Å². The zero-order valence-corrected chi connectivity index (χ0v) is 35.7. The maximum absolute atomic E-state index is 4.85. The van der Waals surface area contributed by atoms with E-state index in [1.165, 1.54) is 38.5 Å². The summed E-state index contributed by atoms with van der Waals surface area (Å²) in [5, 5.41) is 1.02. The fourth-order valence-corrected chi connectivity index (χ4v) is 34.7. The van der Waals surface area contributed by atoms with E-state index in [-0.39, 0.29) is 15.1 Å². The van der Waals surface area contributed by atoms with Crippen molar-refractivity contribution in [2.24, 2.45) is 0 Å². The van der Waals surface area contributed by atoms with E-state index in [9.17, 15) is 0 Å². The van der Waals surface area contributed by atoms with Gasteiger partial charge in [0.05, 0.1) is 48.5 Å². The first kappa shape index (κ1) is 39.0. The Hall–Kier alpha value is 1.28. The first-order valence-corrected chi connectivity index (χ1v) is 30.0. The normalized spacial score (nSPS) is 25.9. The Labute approximate surface area is 314 Å². The van der Waals surface area contributed by atoms with E-state index in [2.05, 4.69) is 30.3 Å². The van der Waals surface area contributed by atoms with Gasteiger partial charge in [0.1, 0.15) is 0 Å². The van der Waals surface area contributed by atoms with Crippen molar-refractivity contribution in [3.05, 3.63) is 35.9 Å². The SMILES string of the molecule is [Cl][Ru+2][Cl].c1ccc(C([P+](C2CCCCC2)(C2CCCCC2)C2CCCCC2)[P+](C2CCCCC2)(C2CCCCC2)C2CCCCC2)cc1. The van der Waals surface area contributed by atoms with Crippen LogP contribution in [-0.2, 0) is 15.1 Å². The zero-order chi connectivity index (χ0) is 33.1. The molecule has 1 aromatic carbocycles. The molecule has 6 fully saturated rings. The Morgan fingerprint density at radius 1 is 0.375 bits per heavy atom. The summed E-state index contributed by atoms with van der Waals surface area (Å²) in [6.45, 7) is 0. The van der Waals surface area contributed by atoms with E-state index in [1.807, 2.05) is 5.56 Å². The number of rotatable bonds is 9. The molecule has 0 unspecified atom stereocenters. The minimum Gasteiger partial charge on any atom is -0.0622 e. The van der Waals surface area contributed by atoms with Crippen molar-refractivity contribution >= 4 is 33.9 Å². The molecule has 0 heterocycles. The second kappa shape index (κ2) is 20.1. The number of halogens is 2. The summed E-state index contributed by atoms with van der Waals surface area (Å²) in [7, 11) is 7.05. The maximum atomic E-state index is 4.85. The van der Waals surface area contributed by atoms with E-state index in [0.717, 1.165) is 39.4 Å². The number of hydrogen-bond donors (Lipinski definition) is 0. The summed E-state index contributed by atoms with van der Waals surface area (Å²) < 4.78 is 0. The molecule has 0 nitrogen and oxygen atoms in total. The molecule has 0 bridgehead atoms. The maximum Gasteiger partial charge on any atom is 0.194 e. The van der Waals surface area contributed by atoms with E-state index in [4.69, 9.17) is 19.4 Å². The second-order valence-corrected chi connectivity index (χ2v) is 29.4. The Morgan fingerprint density at radius 2 is 0.583 bits per heavy atom. The fraction of sp³-hybridized carbons (Fsp3) is 0.860. The van der Waals surface area contributed by atoms with Crippen LogP contribution in [0.5, 0.6) is 0 Å². The van der Waals surface area contributed by atoms with Crippen LogP contribution in [-0.4, -0.2) is 34.0 Å². The van der Waals surface area contributed by atoms with Gasteiger partial charge in [-0.25, -0.2) is 0 Å². The summed E-state index contributed by atoms with van der Waals surface area (Å²) in [6, 6.07) is 13.1. The molecule has 48 heavy (non-hydrogen) atoms. The fourth-order valence-electron chi connectivity index (χ4n) is 13.6. The molecule has 272 valence electrons. The summed E-state index contributed by atoms with van der Waals surface area (Å²) in [5.74, 6) is 0.